The van der Waals surface area contributed by atoms with Gasteiger partial charge in [0.05, 0.1) is 5.54 Å². The molecule has 24 heavy (non-hydrogen) atoms. The molecule has 1 heterocycles. The molecule has 0 atom stereocenters. The van der Waals surface area contributed by atoms with E-state index in [4.69, 9.17) is 4.74 Å². The van der Waals surface area contributed by atoms with Gasteiger partial charge >= 0.3 is 0 Å². The van der Waals surface area contributed by atoms with Gasteiger partial charge < -0.3 is 15.0 Å². The van der Waals surface area contributed by atoms with Crippen molar-refractivity contribution < 1.29 is 9.53 Å². The molecule has 1 aliphatic heterocycles. The van der Waals surface area contributed by atoms with Crippen molar-refractivity contribution in [3.63, 3.8) is 0 Å². The van der Waals surface area contributed by atoms with Crippen LogP contribution in [0.2, 0.25) is 0 Å². The van der Waals surface area contributed by atoms with Crippen molar-refractivity contribution in [1.82, 2.24) is 10.2 Å². The highest BCUT2D eigenvalue weighted by atomic mass is 16.5. The fourth-order valence-electron chi connectivity index (χ4n) is 3.34. The van der Waals surface area contributed by atoms with Crippen molar-refractivity contribution in [2.24, 2.45) is 0 Å². The topological polar surface area (TPSA) is 41.6 Å². The van der Waals surface area contributed by atoms with E-state index in [1.807, 2.05) is 54.6 Å². The zero-order chi connectivity index (χ0) is 16.4. The average Bonchev–Trinajstić information content (AvgIpc) is 3.41. The Morgan fingerprint density at radius 3 is 2.54 bits per heavy atom. The molecule has 0 aromatic heterocycles. The molecular formula is C20H22N2O2. The third-order valence-corrected chi connectivity index (χ3v) is 4.96. The molecule has 1 amide bonds. The smallest absolute Gasteiger partial charge is 0.254 e. The summed E-state index contributed by atoms with van der Waals surface area (Å²) >= 11 is 0. The van der Waals surface area contributed by atoms with Crippen LogP contribution in [0.3, 0.4) is 0 Å². The summed E-state index contributed by atoms with van der Waals surface area (Å²) in [5.74, 6) is 0.931. The van der Waals surface area contributed by atoms with E-state index < -0.39 is 0 Å². The number of ether oxygens (including phenoxy) is 1. The lowest BCUT2D eigenvalue weighted by atomic mass is 10.1. The second-order valence-electron chi connectivity index (χ2n) is 6.66. The van der Waals surface area contributed by atoms with Crippen LogP contribution < -0.4 is 10.1 Å². The van der Waals surface area contributed by atoms with Crippen LogP contribution in [-0.2, 0) is 6.61 Å². The molecule has 2 aromatic carbocycles. The first-order valence-electron chi connectivity index (χ1n) is 8.56. The summed E-state index contributed by atoms with van der Waals surface area (Å²) in [4.78, 5) is 14.9. The van der Waals surface area contributed by atoms with Gasteiger partial charge in [-0.1, -0.05) is 30.3 Å². The normalized spacial score (nSPS) is 18.4. The predicted octanol–water partition coefficient (Wildman–Crippen LogP) is 2.84. The number of nitrogens with one attached hydrogen (secondary N) is 1. The Balaban J connectivity index is 1.41. The molecule has 2 aromatic rings. The largest absolute Gasteiger partial charge is 0.489 e. The highest BCUT2D eigenvalue weighted by Gasteiger charge is 2.51. The number of nitrogens with zero attached hydrogens (tertiary/aromatic N) is 1. The van der Waals surface area contributed by atoms with Crippen LogP contribution in [0.15, 0.2) is 54.6 Å². The molecule has 2 fully saturated rings. The molecule has 4 heteroatoms. The molecule has 1 aliphatic carbocycles. The Hall–Kier alpha value is -2.33. The molecule has 0 unspecified atom stereocenters. The van der Waals surface area contributed by atoms with E-state index in [9.17, 15) is 4.79 Å². The van der Waals surface area contributed by atoms with Crippen LogP contribution in [0.5, 0.6) is 5.75 Å². The molecule has 4 nitrogen and oxygen atoms in total. The van der Waals surface area contributed by atoms with Crippen LogP contribution in [0.1, 0.15) is 28.8 Å². The fourth-order valence-corrected chi connectivity index (χ4v) is 3.34. The van der Waals surface area contributed by atoms with E-state index in [0.29, 0.717) is 6.61 Å². The number of rotatable bonds is 4. The van der Waals surface area contributed by atoms with Gasteiger partial charge in [-0.2, -0.15) is 0 Å². The van der Waals surface area contributed by atoms with Crippen molar-refractivity contribution in [3.05, 3.63) is 65.7 Å². The SMILES string of the molecule is O=C(c1ccc(OCc2ccccc2)cc1)N1CCNCC12CC2. The van der Waals surface area contributed by atoms with Gasteiger partial charge in [-0.15, -0.1) is 0 Å². The first-order valence-corrected chi connectivity index (χ1v) is 8.56. The minimum Gasteiger partial charge on any atom is -0.489 e. The summed E-state index contributed by atoms with van der Waals surface area (Å²) in [6, 6.07) is 17.6. The summed E-state index contributed by atoms with van der Waals surface area (Å²) in [5, 5.41) is 3.40. The molecule has 1 saturated heterocycles. The third kappa shape index (κ3) is 3.02. The summed E-state index contributed by atoms with van der Waals surface area (Å²) in [5.41, 5.74) is 1.96. The van der Waals surface area contributed by atoms with Crippen LogP contribution in [-0.4, -0.2) is 36.0 Å². The summed E-state index contributed by atoms with van der Waals surface area (Å²) in [6.07, 6.45) is 2.23. The maximum atomic E-state index is 12.8. The quantitative estimate of drug-likeness (QED) is 0.941. The molecule has 2 aliphatic rings. The van der Waals surface area contributed by atoms with Gasteiger partial charge in [0, 0.05) is 25.2 Å². The Kier molecular flexibility index (Phi) is 3.98. The number of amides is 1. The van der Waals surface area contributed by atoms with Crippen LogP contribution in [0.4, 0.5) is 0 Å². The monoisotopic (exact) mass is 322 g/mol. The lowest BCUT2D eigenvalue weighted by Crippen LogP contribution is -2.55. The van der Waals surface area contributed by atoms with Gasteiger partial charge in [0.2, 0.25) is 0 Å². The van der Waals surface area contributed by atoms with Crippen LogP contribution >= 0.6 is 0 Å². The minimum absolute atomic E-state index is 0.0812. The van der Waals surface area contributed by atoms with E-state index in [1.54, 1.807) is 0 Å². The van der Waals surface area contributed by atoms with Crippen molar-refractivity contribution in [2.75, 3.05) is 19.6 Å². The first-order chi connectivity index (χ1) is 11.8. The second-order valence-corrected chi connectivity index (χ2v) is 6.66. The van der Waals surface area contributed by atoms with Gasteiger partial charge in [-0.25, -0.2) is 0 Å². The number of carbonyl (C=O) groups is 1. The van der Waals surface area contributed by atoms with Crippen molar-refractivity contribution in [1.29, 1.82) is 0 Å². The molecule has 1 N–H and O–H groups in total. The Morgan fingerprint density at radius 2 is 1.83 bits per heavy atom. The van der Waals surface area contributed by atoms with E-state index in [-0.39, 0.29) is 11.4 Å². The zero-order valence-electron chi connectivity index (χ0n) is 13.7. The Bertz CT molecular complexity index is 708. The van der Waals surface area contributed by atoms with E-state index in [1.165, 1.54) is 0 Å². The van der Waals surface area contributed by atoms with Crippen LogP contribution in [0.25, 0.3) is 0 Å². The molecule has 0 radical (unpaired) electrons. The van der Waals surface area contributed by atoms with Gasteiger partial charge in [0.1, 0.15) is 12.4 Å². The van der Waals surface area contributed by atoms with Crippen molar-refractivity contribution in [2.45, 2.75) is 25.0 Å². The molecule has 1 saturated carbocycles. The number of piperazine rings is 1. The number of carbonyl (C=O) groups excluding carboxylic acids is 1. The molecule has 124 valence electrons. The maximum absolute atomic E-state index is 12.8. The summed E-state index contributed by atoms with van der Waals surface area (Å²) < 4.78 is 5.79. The summed E-state index contributed by atoms with van der Waals surface area (Å²) in [6.45, 7) is 3.14. The number of benzene rings is 2. The van der Waals surface area contributed by atoms with Crippen molar-refractivity contribution >= 4 is 5.91 Å². The molecule has 4 rings (SSSR count). The fraction of sp³-hybridized carbons (Fsp3) is 0.350. The number of hydrogen-bond donors (Lipinski definition) is 1. The first kappa shape index (κ1) is 15.2. The third-order valence-electron chi connectivity index (χ3n) is 4.96. The highest BCUT2D eigenvalue weighted by molar-refractivity contribution is 5.95. The minimum atomic E-state index is 0.0812. The van der Waals surface area contributed by atoms with Gasteiger partial charge in [0.15, 0.2) is 0 Å². The van der Waals surface area contributed by atoms with Gasteiger partial charge in [0.25, 0.3) is 5.91 Å². The van der Waals surface area contributed by atoms with Crippen LogP contribution in [0, 0.1) is 0 Å². The maximum Gasteiger partial charge on any atom is 0.254 e. The zero-order valence-corrected chi connectivity index (χ0v) is 13.7. The predicted molar refractivity (Wildman–Crippen MR) is 93.1 cm³/mol. The van der Waals surface area contributed by atoms with Gasteiger partial charge in [-0.05, 0) is 42.7 Å². The van der Waals surface area contributed by atoms with Crippen molar-refractivity contribution in [3.8, 4) is 5.75 Å². The lowest BCUT2D eigenvalue weighted by Gasteiger charge is -2.36. The van der Waals surface area contributed by atoms with Gasteiger partial charge in [-0.3, -0.25) is 4.79 Å². The molecule has 1 spiro atoms. The molecule has 0 bridgehead atoms. The van der Waals surface area contributed by atoms with E-state index in [0.717, 1.165) is 49.4 Å². The second kappa shape index (κ2) is 6.29. The summed E-state index contributed by atoms with van der Waals surface area (Å²) in [7, 11) is 0. The highest BCUT2D eigenvalue weighted by Crippen LogP contribution is 2.43. The molecular weight excluding hydrogens is 300 g/mol. The average molecular weight is 322 g/mol. The number of hydrogen-bond acceptors (Lipinski definition) is 3. The van der Waals surface area contributed by atoms with E-state index >= 15 is 0 Å². The Morgan fingerprint density at radius 1 is 1.08 bits per heavy atom. The Labute approximate surface area is 142 Å². The van der Waals surface area contributed by atoms with E-state index in [2.05, 4.69) is 10.2 Å². The standard InChI is InChI=1S/C20H22N2O2/c23-19(22-13-12-21-15-20(22)10-11-20)17-6-8-18(9-7-17)24-14-16-4-2-1-3-5-16/h1-9,21H,10-15H2. The lowest BCUT2D eigenvalue weighted by molar-refractivity contribution is 0.0600.